The van der Waals surface area contributed by atoms with Crippen molar-refractivity contribution in [1.82, 2.24) is 15.2 Å². The van der Waals surface area contributed by atoms with Gasteiger partial charge in [0, 0.05) is 24.4 Å². The minimum atomic E-state index is -0.822. The van der Waals surface area contributed by atoms with Crippen LogP contribution in [0.3, 0.4) is 0 Å². The Balaban J connectivity index is 1.13. The lowest BCUT2D eigenvalue weighted by Crippen LogP contribution is -2.47. The second kappa shape index (κ2) is 9.50. The van der Waals surface area contributed by atoms with Crippen molar-refractivity contribution in [1.29, 1.82) is 0 Å². The second-order valence-corrected chi connectivity index (χ2v) is 9.82. The topological polar surface area (TPSA) is 109 Å². The first kappa shape index (κ1) is 23.0. The van der Waals surface area contributed by atoms with Crippen LogP contribution in [0, 0.1) is 5.92 Å². The molecule has 2 aromatic carbocycles. The van der Waals surface area contributed by atoms with E-state index in [-0.39, 0.29) is 36.9 Å². The molecule has 9 heteroatoms. The van der Waals surface area contributed by atoms with Crippen LogP contribution in [0.2, 0.25) is 0 Å². The Morgan fingerprint density at radius 2 is 1.71 bits per heavy atom. The average molecular weight is 492 g/mol. The van der Waals surface area contributed by atoms with E-state index >= 15 is 0 Å². The van der Waals surface area contributed by atoms with Crippen molar-refractivity contribution in [3.8, 4) is 11.1 Å². The van der Waals surface area contributed by atoms with Crippen molar-refractivity contribution in [3.63, 3.8) is 0 Å². The van der Waals surface area contributed by atoms with Gasteiger partial charge in [0.2, 0.25) is 0 Å². The smallest absolute Gasteiger partial charge is 0.407 e. The molecule has 1 fully saturated rings. The molecule has 35 heavy (non-hydrogen) atoms. The molecular weight excluding hydrogens is 466 g/mol. The van der Waals surface area contributed by atoms with Gasteiger partial charge in [0.05, 0.1) is 12.5 Å². The van der Waals surface area contributed by atoms with Gasteiger partial charge in [-0.1, -0.05) is 48.5 Å². The minimum Gasteiger partial charge on any atom is -0.481 e. The van der Waals surface area contributed by atoms with Crippen LogP contribution in [0.1, 0.15) is 45.4 Å². The summed E-state index contributed by atoms with van der Waals surface area (Å²) < 4.78 is 5.54. The number of benzene rings is 2. The van der Waals surface area contributed by atoms with Crippen molar-refractivity contribution in [2.45, 2.75) is 31.3 Å². The summed E-state index contributed by atoms with van der Waals surface area (Å²) in [4.78, 5) is 41.9. The van der Waals surface area contributed by atoms with E-state index < -0.39 is 12.1 Å². The minimum absolute atomic E-state index is 0.0139. The Morgan fingerprint density at radius 1 is 1.09 bits per heavy atom. The normalized spacial score (nSPS) is 18.2. The average Bonchev–Trinajstić information content (AvgIpc) is 3.42. The summed E-state index contributed by atoms with van der Waals surface area (Å²) in [5.41, 5.74) is 4.93. The van der Waals surface area contributed by atoms with Gasteiger partial charge in [-0.15, -0.1) is 11.3 Å². The van der Waals surface area contributed by atoms with E-state index in [1.807, 2.05) is 24.3 Å². The third-order valence-corrected chi connectivity index (χ3v) is 7.68. The number of nitrogens with zero attached hydrogens (tertiary/aromatic N) is 2. The predicted octanol–water partition coefficient (Wildman–Crippen LogP) is 4.12. The number of carbonyl (C=O) groups is 3. The van der Waals surface area contributed by atoms with Gasteiger partial charge in [-0.25, -0.2) is 9.78 Å². The molecular formula is C26H25N3O5S. The molecule has 0 radical (unpaired) electrons. The number of nitrogens with one attached hydrogen (secondary N) is 1. The Hall–Kier alpha value is -3.72. The van der Waals surface area contributed by atoms with Crippen LogP contribution < -0.4 is 5.32 Å². The highest BCUT2D eigenvalue weighted by Gasteiger charge is 2.39. The summed E-state index contributed by atoms with van der Waals surface area (Å²) in [6.45, 7) is 0.383. The summed E-state index contributed by atoms with van der Waals surface area (Å²) in [6.07, 6.45) is 0.372. The Kier molecular flexibility index (Phi) is 6.25. The number of fused-ring (bicyclic) bond motifs is 3. The Bertz CT molecular complexity index is 1240. The van der Waals surface area contributed by atoms with Crippen molar-refractivity contribution >= 4 is 29.3 Å². The van der Waals surface area contributed by atoms with E-state index in [0.29, 0.717) is 23.5 Å². The lowest BCUT2D eigenvalue weighted by atomic mass is 9.79. The zero-order chi connectivity index (χ0) is 24.5. The van der Waals surface area contributed by atoms with E-state index in [0.717, 1.165) is 11.1 Å². The number of carboxylic acid groups (broad SMARTS) is 1. The van der Waals surface area contributed by atoms with E-state index in [2.05, 4.69) is 34.6 Å². The van der Waals surface area contributed by atoms with E-state index in [1.54, 1.807) is 17.3 Å². The van der Waals surface area contributed by atoms with Crippen molar-refractivity contribution < 1.29 is 24.2 Å². The van der Waals surface area contributed by atoms with Crippen molar-refractivity contribution in [2.24, 2.45) is 5.92 Å². The maximum Gasteiger partial charge on any atom is 0.407 e. The molecule has 1 saturated carbocycles. The SMILES string of the molecule is CN(C(=O)c1csc(CNC(=O)OCC2c3ccccc3-c3ccccc32)n1)C1CC(C(=O)O)C1. The van der Waals surface area contributed by atoms with Crippen LogP contribution >= 0.6 is 11.3 Å². The van der Waals surface area contributed by atoms with Crippen molar-refractivity contribution in [2.75, 3.05) is 13.7 Å². The first-order chi connectivity index (χ1) is 16.9. The quantitative estimate of drug-likeness (QED) is 0.515. The molecule has 0 aliphatic heterocycles. The molecule has 2 aliphatic rings. The highest BCUT2D eigenvalue weighted by Crippen LogP contribution is 2.44. The van der Waals surface area contributed by atoms with Crippen LogP contribution in [-0.2, 0) is 16.1 Å². The number of rotatable bonds is 7. The fourth-order valence-electron chi connectivity index (χ4n) is 4.74. The molecule has 0 atom stereocenters. The summed E-state index contributed by atoms with van der Waals surface area (Å²) >= 11 is 1.28. The highest BCUT2D eigenvalue weighted by molar-refractivity contribution is 7.09. The third kappa shape index (κ3) is 4.51. The number of alkyl carbamates (subject to hydrolysis) is 1. The van der Waals surface area contributed by atoms with E-state index in [1.165, 1.54) is 22.5 Å². The molecule has 180 valence electrons. The van der Waals surface area contributed by atoms with Gasteiger partial charge in [-0.2, -0.15) is 0 Å². The van der Waals surface area contributed by atoms with Crippen LogP contribution in [0.5, 0.6) is 0 Å². The highest BCUT2D eigenvalue weighted by atomic mass is 32.1. The first-order valence-electron chi connectivity index (χ1n) is 11.5. The molecule has 0 spiro atoms. The van der Waals surface area contributed by atoms with Crippen LogP contribution in [0.25, 0.3) is 11.1 Å². The van der Waals surface area contributed by atoms with Gasteiger partial charge >= 0.3 is 12.1 Å². The summed E-state index contributed by atoms with van der Waals surface area (Å²) in [7, 11) is 1.67. The maximum absolute atomic E-state index is 12.7. The van der Waals surface area contributed by atoms with Gasteiger partial charge in [-0.3, -0.25) is 9.59 Å². The maximum atomic E-state index is 12.7. The zero-order valence-corrected chi connectivity index (χ0v) is 20.0. The van der Waals surface area contributed by atoms with Crippen molar-refractivity contribution in [3.05, 3.63) is 75.7 Å². The van der Waals surface area contributed by atoms with Crippen LogP contribution in [0.15, 0.2) is 53.9 Å². The fraction of sp³-hybridized carbons (Fsp3) is 0.308. The van der Waals surface area contributed by atoms with Gasteiger partial charge in [0.1, 0.15) is 17.3 Å². The van der Waals surface area contributed by atoms with Gasteiger partial charge < -0.3 is 20.1 Å². The number of carbonyl (C=O) groups excluding carboxylic acids is 2. The number of carboxylic acids is 1. The number of amides is 2. The molecule has 8 nitrogen and oxygen atoms in total. The molecule has 0 unspecified atom stereocenters. The first-order valence-corrected chi connectivity index (χ1v) is 12.3. The lowest BCUT2D eigenvalue weighted by Gasteiger charge is -2.38. The van der Waals surface area contributed by atoms with Gasteiger partial charge in [-0.05, 0) is 35.1 Å². The molecule has 3 aromatic rings. The molecule has 0 saturated heterocycles. The van der Waals surface area contributed by atoms with Crippen LogP contribution in [0.4, 0.5) is 4.79 Å². The van der Waals surface area contributed by atoms with E-state index in [9.17, 15) is 14.4 Å². The summed E-state index contributed by atoms with van der Waals surface area (Å²) in [5.74, 6) is -1.47. The Labute approximate surface area is 206 Å². The number of hydrogen-bond donors (Lipinski definition) is 2. The molecule has 1 aromatic heterocycles. The lowest BCUT2D eigenvalue weighted by molar-refractivity contribution is -0.146. The molecule has 2 amide bonds. The number of ether oxygens (including phenoxy) is 1. The number of aliphatic carboxylic acids is 1. The molecule has 5 rings (SSSR count). The van der Waals surface area contributed by atoms with Gasteiger partial charge in [0.25, 0.3) is 5.91 Å². The standard InChI is InChI=1S/C26H25N3O5S/c1-29(16-10-15(11-16)25(31)32)24(30)22-14-35-23(28-22)12-27-26(33)34-13-21-19-8-4-2-6-17(19)18-7-3-5-9-20(18)21/h2-9,14-16,21H,10-13H2,1H3,(H,27,33)(H,31,32). The molecule has 2 N–H and O–H groups in total. The van der Waals surface area contributed by atoms with E-state index in [4.69, 9.17) is 9.84 Å². The number of hydrogen-bond acceptors (Lipinski definition) is 6. The Morgan fingerprint density at radius 3 is 2.34 bits per heavy atom. The zero-order valence-electron chi connectivity index (χ0n) is 19.1. The fourth-order valence-corrected chi connectivity index (χ4v) is 5.45. The number of thiazole rings is 1. The molecule has 2 aliphatic carbocycles. The predicted molar refractivity (Wildman–Crippen MR) is 130 cm³/mol. The van der Waals surface area contributed by atoms with Gasteiger partial charge in [0.15, 0.2) is 0 Å². The summed E-state index contributed by atoms with van der Waals surface area (Å²) in [6, 6.07) is 16.2. The largest absolute Gasteiger partial charge is 0.481 e. The monoisotopic (exact) mass is 491 g/mol. The summed E-state index contributed by atoms with van der Waals surface area (Å²) in [5, 5.41) is 14.0. The van der Waals surface area contributed by atoms with Crippen LogP contribution in [-0.4, -0.2) is 52.7 Å². The second-order valence-electron chi connectivity index (χ2n) is 8.88. The third-order valence-electron chi connectivity index (χ3n) is 6.83. The molecule has 0 bridgehead atoms. The number of aromatic nitrogens is 1. The molecule has 1 heterocycles.